The predicted molar refractivity (Wildman–Crippen MR) is 118 cm³/mol. The highest BCUT2D eigenvalue weighted by atomic mass is 16.5. The van der Waals surface area contributed by atoms with E-state index in [0.29, 0.717) is 6.42 Å². The van der Waals surface area contributed by atoms with E-state index in [1.807, 2.05) is 12.1 Å². The number of rotatable bonds is 7. The van der Waals surface area contributed by atoms with E-state index in [2.05, 4.69) is 53.3 Å². The fourth-order valence-electron chi connectivity index (χ4n) is 3.80. The molecule has 0 aliphatic carbocycles. The Morgan fingerprint density at radius 3 is 2.73 bits per heavy atom. The van der Waals surface area contributed by atoms with Crippen LogP contribution in [0.5, 0.6) is 5.75 Å². The van der Waals surface area contributed by atoms with Gasteiger partial charge in [-0.3, -0.25) is 0 Å². The molecule has 0 saturated carbocycles. The van der Waals surface area contributed by atoms with Gasteiger partial charge in [-0.15, -0.1) is 0 Å². The van der Waals surface area contributed by atoms with Crippen LogP contribution in [0.4, 0.5) is 0 Å². The van der Waals surface area contributed by atoms with Crippen LogP contribution in [0.3, 0.4) is 0 Å². The Labute approximate surface area is 176 Å². The molecule has 5 nitrogen and oxygen atoms in total. The maximum atomic E-state index is 9.00. The molecule has 0 amide bonds. The summed E-state index contributed by atoms with van der Waals surface area (Å²) in [5, 5.41) is 10.2. The second-order valence-corrected chi connectivity index (χ2v) is 7.44. The van der Waals surface area contributed by atoms with Gasteiger partial charge in [-0.25, -0.2) is 9.97 Å². The van der Waals surface area contributed by atoms with E-state index in [1.54, 1.807) is 19.6 Å². The number of pyridine rings is 1. The van der Waals surface area contributed by atoms with E-state index in [1.165, 1.54) is 22.3 Å². The summed E-state index contributed by atoms with van der Waals surface area (Å²) in [6.07, 6.45) is 6.54. The Balaban J connectivity index is 1.76. The zero-order valence-corrected chi connectivity index (χ0v) is 17.3. The first-order chi connectivity index (χ1) is 14.7. The normalized spacial score (nSPS) is 10.8. The largest absolute Gasteiger partial charge is 0.497 e. The third-order valence-electron chi connectivity index (χ3n) is 5.45. The van der Waals surface area contributed by atoms with Crippen LogP contribution in [-0.4, -0.2) is 22.1 Å². The van der Waals surface area contributed by atoms with Gasteiger partial charge in [-0.2, -0.15) is 5.26 Å². The molecule has 0 unspecified atom stereocenters. The fraction of sp³-hybridized carbons (Fsp3) is 0.240. The summed E-state index contributed by atoms with van der Waals surface area (Å²) in [4.78, 5) is 12.2. The number of nitriles is 1. The molecular weight excluding hydrogens is 372 g/mol. The standard InChI is InChI=1S/C25H24N4O/c1-17-11-23-22(13-19(17)6-4-10-26)20(14-24(29-23)25-15-27-16-28-25)9-8-18-5-3-7-21(12-18)30-2/h3,5,7,11-16H,4,6,8-9H2,1-2H3,(H,27,28). The second-order valence-electron chi connectivity index (χ2n) is 7.44. The van der Waals surface area contributed by atoms with Gasteiger partial charge in [-0.1, -0.05) is 12.1 Å². The zero-order chi connectivity index (χ0) is 20.9. The molecule has 2 aromatic heterocycles. The molecule has 4 rings (SSSR count). The molecule has 30 heavy (non-hydrogen) atoms. The van der Waals surface area contributed by atoms with Crippen LogP contribution in [0.2, 0.25) is 0 Å². The molecular formula is C25H24N4O. The molecule has 2 aromatic carbocycles. The lowest BCUT2D eigenvalue weighted by atomic mass is 9.95. The Kier molecular flexibility index (Phi) is 5.76. The van der Waals surface area contributed by atoms with Gasteiger partial charge in [-0.05, 0) is 78.8 Å². The topological polar surface area (TPSA) is 74.6 Å². The number of methoxy groups -OCH3 is 1. The monoisotopic (exact) mass is 396 g/mol. The number of nitrogens with one attached hydrogen (secondary N) is 1. The first-order valence-electron chi connectivity index (χ1n) is 10.1. The van der Waals surface area contributed by atoms with Crippen LogP contribution in [0, 0.1) is 18.3 Å². The van der Waals surface area contributed by atoms with Crippen molar-refractivity contribution in [2.75, 3.05) is 7.11 Å². The average molecular weight is 396 g/mol. The maximum Gasteiger partial charge on any atom is 0.119 e. The number of imidazole rings is 1. The molecule has 0 spiro atoms. The molecule has 0 aliphatic heterocycles. The van der Waals surface area contributed by atoms with Gasteiger partial charge in [0.15, 0.2) is 0 Å². The van der Waals surface area contributed by atoms with Gasteiger partial charge in [0.25, 0.3) is 0 Å². The predicted octanol–water partition coefficient (Wildman–Crippen LogP) is 5.18. The SMILES string of the molecule is COc1cccc(CCc2cc(-c3cnc[nH]3)nc3cc(C)c(CCC#N)cc23)c1. The molecule has 5 heteroatoms. The highest BCUT2D eigenvalue weighted by Crippen LogP contribution is 2.28. The van der Waals surface area contributed by atoms with E-state index in [0.717, 1.165) is 47.3 Å². The number of fused-ring (bicyclic) bond motifs is 1. The van der Waals surface area contributed by atoms with Gasteiger partial charge in [0.05, 0.1) is 42.6 Å². The minimum atomic E-state index is 0.519. The van der Waals surface area contributed by atoms with E-state index >= 15 is 0 Å². The molecule has 1 N–H and O–H groups in total. The lowest BCUT2D eigenvalue weighted by Gasteiger charge is -2.13. The molecule has 0 aliphatic rings. The van der Waals surface area contributed by atoms with Crippen molar-refractivity contribution >= 4 is 10.9 Å². The van der Waals surface area contributed by atoms with Gasteiger partial charge < -0.3 is 9.72 Å². The second kappa shape index (κ2) is 8.79. The van der Waals surface area contributed by atoms with Crippen LogP contribution in [-0.2, 0) is 19.3 Å². The van der Waals surface area contributed by atoms with Crippen molar-refractivity contribution < 1.29 is 4.74 Å². The smallest absolute Gasteiger partial charge is 0.119 e. The molecule has 0 saturated heterocycles. The number of aromatic nitrogens is 3. The van der Waals surface area contributed by atoms with Crippen LogP contribution >= 0.6 is 0 Å². The summed E-state index contributed by atoms with van der Waals surface area (Å²) < 4.78 is 5.36. The molecule has 0 radical (unpaired) electrons. The van der Waals surface area contributed by atoms with Gasteiger partial charge in [0.2, 0.25) is 0 Å². The maximum absolute atomic E-state index is 9.00. The van der Waals surface area contributed by atoms with Crippen LogP contribution in [0.25, 0.3) is 22.3 Å². The van der Waals surface area contributed by atoms with Gasteiger partial charge >= 0.3 is 0 Å². The van der Waals surface area contributed by atoms with Crippen molar-refractivity contribution in [3.05, 3.63) is 77.2 Å². The number of ether oxygens (including phenoxy) is 1. The van der Waals surface area contributed by atoms with E-state index in [-0.39, 0.29) is 0 Å². The van der Waals surface area contributed by atoms with E-state index in [9.17, 15) is 0 Å². The number of nitrogens with zero attached hydrogens (tertiary/aromatic N) is 3. The molecule has 0 fully saturated rings. The van der Waals surface area contributed by atoms with E-state index in [4.69, 9.17) is 15.0 Å². The molecule has 2 heterocycles. The van der Waals surface area contributed by atoms with E-state index < -0.39 is 0 Å². The van der Waals surface area contributed by atoms with Crippen molar-refractivity contribution in [3.63, 3.8) is 0 Å². The number of H-pyrrole nitrogens is 1. The Morgan fingerprint density at radius 1 is 1.07 bits per heavy atom. The van der Waals surface area contributed by atoms with Gasteiger partial charge in [0, 0.05) is 11.8 Å². The summed E-state index contributed by atoms with van der Waals surface area (Å²) in [6, 6.07) is 17.0. The first kappa shape index (κ1) is 19.7. The van der Waals surface area contributed by atoms with Crippen molar-refractivity contribution in [1.82, 2.24) is 15.0 Å². The summed E-state index contributed by atoms with van der Waals surface area (Å²) in [5.41, 5.74) is 7.63. The van der Waals surface area contributed by atoms with Crippen molar-refractivity contribution in [1.29, 1.82) is 5.26 Å². The highest BCUT2D eigenvalue weighted by molar-refractivity contribution is 5.86. The summed E-state index contributed by atoms with van der Waals surface area (Å²) in [7, 11) is 1.69. The Hall–Kier alpha value is -3.65. The molecule has 0 atom stereocenters. The lowest BCUT2D eigenvalue weighted by molar-refractivity contribution is 0.414. The minimum absolute atomic E-state index is 0.519. The number of aromatic amines is 1. The average Bonchev–Trinajstić information content (AvgIpc) is 3.31. The third kappa shape index (κ3) is 4.18. The number of aryl methyl sites for hydroxylation is 4. The lowest BCUT2D eigenvalue weighted by Crippen LogP contribution is -1.99. The molecule has 4 aromatic rings. The van der Waals surface area contributed by atoms with Crippen molar-refractivity contribution in [2.24, 2.45) is 0 Å². The molecule has 0 bridgehead atoms. The Morgan fingerprint density at radius 2 is 1.97 bits per heavy atom. The highest BCUT2D eigenvalue weighted by Gasteiger charge is 2.12. The summed E-state index contributed by atoms with van der Waals surface area (Å²) in [5.74, 6) is 0.875. The summed E-state index contributed by atoms with van der Waals surface area (Å²) in [6.45, 7) is 2.09. The van der Waals surface area contributed by atoms with Gasteiger partial charge in [0.1, 0.15) is 5.75 Å². The minimum Gasteiger partial charge on any atom is -0.497 e. The van der Waals surface area contributed by atoms with Crippen LogP contribution in [0.1, 0.15) is 28.7 Å². The number of hydrogen-bond acceptors (Lipinski definition) is 4. The van der Waals surface area contributed by atoms with Crippen molar-refractivity contribution in [2.45, 2.75) is 32.6 Å². The fourth-order valence-corrected chi connectivity index (χ4v) is 3.80. The zero-order valence-electron chi connectivity index (χ0n) is 17.3. The molecule has 150 valence electrons. The third-order valence-corrected chi connectivity index (χ3v) is 5.45. The summed E-state index contributed by atoms with van der Waals surface area (Å²) >= 11 is 0. The van der Waals surface area contributed by atoms with Crippen LogP contribution in [0.15, 0.2) is 55.0 Å². The van der Waals surface area contributed by atoms with Crippen LogP contribution < -0.4 is 4.74 Å². The quantitative estimate of drug-likeness (QED) is 0.467. The number of benzene rings is 2. The Bertz CT molecular complexity index is 1210. The first-order valence-corrected chi connectivity index (χ1v) is 10.1. The van der Waals surface area contributed by atoms with Crippen molar-refractivity contribution in [3.8, 4) is 23.2 Å². The number of hydrogen-bond donors (Lipinski definition) is 1.